The molecule has 108 valence electrons. The van der Waals surface area contributed by atoms with Gasteiger partial charge in [-0.2, -0.15) is 0 Å². The fraction of sp³-hybridized carbons (Fsp3) is 0.500. The maximum absolute atomic E-state index is 11.6. The minimum absolute atomic E-state index is 0.0351. The number of nitrogens with one attached hydrogen (secondary N) is 1. The Morgan fingerprint density at radius 1 is 1.32 bits per heavy atom. The number of carbonyl (C=O) groups excluding carboxylic acids is 3. The first-order chi connectivity index (χ1) is 8.65. The molecule has 0 heterocycles. The summed E-state index contributed by atoms with van der Waals surface area (Å²) in [6, 6.07) is -1.49. The van der Waals surface area contributed by atoms with Gasteiger partial charge in [0.1, 0.15) is 0 Å². The number of hydrogen-bond acceptors (Lipinski definition) is 5. The van der Waals surface area contributed by atoms with Gasteiger partial charge in [0.25, 0.3) is 9.70 Å². The number of amides is 1. The summed E-state index contributed by atoms with van der Waals surface area (Å²) in [5, 5.41) is 2.05. The molecule has 0 aromatic rings. The van der Waals surface area contributed by atoms with Gasteiger partial charge in [-0.05, 0) is 6.92 Å². The Bertz CT molecular complexity index is 391. The van der Waals surface area contributed by atoms with Crippen LogP contribution in [0.3, 0.4) is 0 Å². The van der Waals surface area contributed by atoms with E-state index in [4.69, 9.17) is 34.8 Å². The minimum Gasteiger partial charge on any atom is -0.466 e. The van der Waals surface area contributed by atoms with Crippen LogP contribution in [0.25, 0.3) is 0 Å². The third-order valence-electron chi connectivity index (χ3n) is 1.85. The zero-order valence-corrected chi connectivity index (χ0v) is 12.4. The Labute approximate surface area is 125 Å². The maximum atomic E-state index is 11.6. The first-order valence-electron chi connectivity index (χ1n) is 4.96. The lowest BCUT2D eigenvalue weighted by atomic mass is 10.1. The van der Waals surface area contributed by atoms with Crippen molar-refractivity contribution in [2.45, 2.75) is 16.8 Å². The highest BCUT2D eigenvalue weighted by Gasteiger charge is 2.37. The number of rotatable bonds is 5. The number of hydrogen-bond donors (Lipinski definition) is 1. The van der Waals surface area contributed by atoms with Crippen LogP contribution in [-0.4, -0.2) is 41.4 Å². The van der Waals surface area contributed by atoms with Crippen LogP contribution in [-0.2, 0) is 23.9 Å². The summed E-state index contributed by atoms with van der Waals surface area (Å²) in [4.78, 5) is 34.4. The second kappa shape index (κ2) is 7.57. The highest BCUT2D eigenvalue weighted by atomic mass is 35.6. The molecule has 0 aliphatic carbocycles. The second-order valence-electron chi connectivity index (χ2n) is 3.17. The molecular formula is C10H12Cl3NO5. The zero-order valence-electron chi connectivity index (χ0n) is 10.2. The largest absolute Gasteiger partial charge is 0.466 e. The van der Waals surface area contributed by atoms with E-state index in [0.29, 0.717) is 0 Å². The number of carbonyl (C=O) groups is 3. The van der Waals surface area contributed by atoms with E-state index in [2.05, 4.69) is 16.1 Å². The van der Waals surface area contributed by atoms with E-state index >= 15 is 0 Å². The number of halogens is 3. The molecule has 0 aliphatic heterocycles. The molecule has 0 aromatic carbocycles. The standard InChI is InChI=1S/C10H12Cl3NO5/c1-4-19-8(16)6(5(2)7(15)18-3)14-9(17)10(11,12)13/h6H,2,4H2,1,3H3,(H,14,17)/t6-/m0/s1. The third kappa shape index (κ3) is 5.67. The van der Waals surface area contributed by atoms with Gasteiger partial charge < -0.3 is 14.8 Å². The number of esters is 2. The average Bonchev–Trinajstić information content (AvgIpc) is 2.32. The molecule has 6 nitrogen and oxygen atoms in total. The quantitative estimate of drug-likeness (QED) is 0.464. The summed E-state index contributed by atoms with van der Waals surface area (Å²) < 4.78 is 6.78. The van der Waals surface area contributed by atoms with Crippen LogP contribution in [0.5, 0.6) is 0 Å². The average molecular weight is 333 g/mol. The van der Waals surface area contributed by atoms with Crippen molar-refractivity contribution >= 4 is 52.6 Å². The van der Waals surface area contributed by atoms with E-state index in [1.165, 1.54) is 0 Å². The summed E-state index contributed by atoms with van der Waals surface area (Å²) in [6.45, 7) is 4.93. The van der Waals surface area contributed by atoms with E-state index in [-0.39, 0.29) is 12.2 Å². The van der Waals surface area contributed by atoms with Gasteiger partial charge in [-0.1, -0.05) is 41.4 Å². The summed E-state index contributed by atoms with van der Waals surface area (Å²) in [6.07, 6.45) is 0. The molecule has 9 heteroatoms. The Hall–Kier alpha value is -0.980. The van der Waals surface area contributed by atoms with Gasteiger partial charge in [0.15, 0.2) is 6.04 Å². The Kier molecular flexibility index (Phi) is 7.18. The lowest BCUT2D eigenvalue weighted by molar-refractivity contribution is -0.148. The van der Waals surface area contributed by atoms with Crippen LogP contribution < -0.4 is 5.32 Å². The summed E-state index contributed by atoms with van der Waals surface area (Å²) in [5.41, 5.74) is -0.344. The molecule has 0 unspecified atom stereocenters. The number of alkyl halides is 3. The maximum Gasteiger partial charge on any atom is 0.335 e. The second-order valence-corrected chi connectivity index (χ2v) is 5.45. The van der Waals surface area contributed by atoms with Gasteiger partial charge in [-0.15, -0.1) is 0 Å². The first-order valence-corrected chi connectivity index (χ1v) is 6.10. The normalized spacial score (nSPS) is 12.3. The zero-order chi connectivity index (χ0) is 15.2. The summed E-state index contributed by atoms with van der Waals surface area (Å²) in [7, 11) is 1.09. The number of ether oxygens (including phenoxy) is 2. The molecule has 19 heavy (non-hydrogen) atoms. The van der Waals surface area contributed by atoms with Gasteiger partial charge in [0.2, 0.25) is 0 Å². The van der Waals surface area contributed by atoms with Crippen LogP contribution in [0.1, 0.15) is 6.92 Å². The molecule has 0 aromatic heterocycles. The van der Waals surface area contributed by atoms with Gasteiger partial charge in [-0.3, -0.25) is 4.79 Å². The molecule has 0 spiro atoms. The molecule has 0 fully saturated rings. The van der Waals surface area contributed by atoms with E-state index < -0.39 is 27.7 Å². The monoisotopic (exact) mass is 331 g/mol. The predicted molar refractivity (Wildman–Crippen MR) is 70.0 cm³/mol. The Morgan fingerprint density at radius 3 is 2.21 bits per heavy atom. The van der Waals surface area contributed by atoms with Crippen molar-refractivity contribution in [1.82, 2.24) is 5.32 Å². The lowest BCUT2D eigenvalue weighted by Crippen LogP contribution is -2.48. The topological polar surface area (TPSA) is 81.7 Å². The molecule has 0 bridgehead atoms. The van der Waals surface area contributed by atoms with Crippen molar-refractivity contribution in [3.63, 3.8) is 0 Å². The van der Waals surface area contributed by atoms with Gasteiger partial charge >= 0.3 is 11.9 Å². The molecule has 0 saturated heterocycles. The molecule has 1 N–H and O–H groups in total. The number of methoxy groups -OCH3 is 1. The molecular weight excluding hydrogens is 320 g/mol. The Morgan fingerprint density at radius 2 is 1.84 bits per heavy atom. The van der Waals surface area contributed by atoms with Crippen LogP contribution in [0.4, 0.5) is 0 Å². The summed E-state index contributed by atoms with van der Waals surface area (Å²) >= 11 is 16.0. The van der Waals surface area contributed by atoms with Crippen LogP contribution >= 0.6 is 34.8 Å². The highest BCUT2D eigenvalue weighted by molar-refractivity contribution is 6.76. The molecule has 0 radical (unpaired) electrons. The highest BCUT2D eigenvalue weighted by Crippen LogP contribution is 2.26. The fourth-order valence-corrected chi connectivity index (χ4v) is 1.14. The van der Waals surface area contributed by atoms with Gasteiger partial charge in [-0.25, -0.2) is 9.59 Å². The van der Waals surface area contributed by atoms with Crippen LogP contribution in [0, 0.1) is 0 Å². The first kappa shape index (κ1) is 18.0. The Balaban J connectivity index is 5.08. The molecule has 0 saturated carbocycles. The van der Waals surface area contributed by atoms with Crippen molar-refractivity contribution in [3.05, 3.63) is 12.2 Å². The fourth-order valence-electron chi connectivity index (χ4n) is 0.976. The lowest BCUT2D eigenvalue weighted by Gasteiger charge is -2.20. The third-order valence-corrected chi connectivity index (χ3v) is 2.37. The molecule has 0 aliphatic rings. The van der Waals surface area contributed by atoms with Gasteiger partial charge in [0.05, 0.1) is 19.3 Å². The van der Waals surface area contributed by atoms with Crippen LogP contribution in [0.2, 0.25) is 0 Å². The van der Waals surface area contributed by atoms with E-state index in [1.54, 1.807) is 6.92 Å². The van der Waals surface area contributed by atoms with Crippen molar-refractivity contribution < 1.29 is 23.9 Å². The summed E-state index contributed by atoms with van der Waals surface area (Å²) in [5.74, 6) is -2.91. The molecule has 1 atom stereocenters. The van der Waals surface area contributed by atoms with E-state index in [1.807, 2.05) is 5.32 Å². The van der Waals surface area contributed by atoms with Crippen molar-refractivity contribution in [2.24, 2.45) is 0 Å². The van der Waals surface area contributed by atoms with Crippen molar-refractivity contribution in [3.8, 4) is 0 Å². The van der Waals surface area contributed by atoms with Crippen molar-refractivity contribution in [2.75, 3.05) is 13.7 Å². The van der Waals surface area contributed by atoms with Crippen molar-refractivity contribution in [1.29, 1.82) is 0 Å². The van der Waals surface area contributed by atoms with Crippen LogP contribution in [0.15, 0.2) is 12.2 Å². The smallest absolute Gasteiger partial charge is 0.335 e. The van der Waals surface area contributed by atoms with E-state index in [9.17, 15) is 14.4 Å². The SMILES string of the molecule is C=C(C(=O)OC)[C@H](NC(=O)C(Cl)(Cl)Cl)C(=O)OCC. The van der Waals surface area contributed by atoms with E-state index in [0.717, 1.165) is 7.11 Å². The van der Waals surface area contributed by atoms with Gasteiger partial charge in [0, 0.05) is 0 Å². The minimum atomic E-state index is -2.29. The molecule has 1 amide bonds. The predicted octanol–water partition coefficient (Wildman–Crippen LogP) is 1.13. The molecule has 0 rings (SSSR count).